The molecule has 1 aliphatic rings. The standard InChI is InChI=1S/C6H10BrN5O2S/c1-12-6(5(7)9-11-12)15(13,14)10-4-2-8-3-4/h4,8,10H,2-3H2,1H3. The fraction of sp³-hybridized carbons (Fsp3) is 0.667. The van der Waals surface area contributed by atoms with Crippen LogP contribution in [0.1, 0.15) is 0 Å². The molecule has 0 atom stereocenters. The van der Waals surface area contributed by atoms with E-state index in [-0.39, 0.29) is 15.7 Å². The molecule has 15 heavy (non-hydrogen) atoms. The van der Waals surface area contributed by atoms with E-state index in [0.29, 0.717) is 13.1 Å². The molecule has 7 nitrogen and oxygen atoms in total. The Kier molecular flexibility index (Phi) is 2.79. The van der Waals surface area contributed by atoms with Gasteiger partial charge in [0.2, 0.25) is 5.03 Å². The first-order valence-electron chi connectivity index (χ1n) is 4.29. The van der Waals surface area contributed by atoms with Crippen LogP contribution < -0.4 is 10.0 Å². The Morgan fingerprint density at radius 2 is 2.27 bits per heavy atom. The minimum atomic E-state index is -3.54. The van der Waals surface area contributed by atoms with Crippen LogP contribution in [-0.4, -0.2) is 42.5 Å². The zero-order valence-corrected chi connectivity index (χ0v) is 10.3. The molecule has 0 aromatic carbocycles. The Balaban J connectivity index is 2.28. The van der Waals surface area contributed by atoms with Gasteiger partial charge in [-0.15, -0.1) is 5.10 Å². The Morgan fingerprint density at radius 3 is 2.67 bits per heavy atom. The van der Waals surface area contributed by atoms with Gasteiger partial charge >= 0.3 is 0 Å². The highest BCUT2D eigenvalue weighted by molar-refractivity contribution is 9.10. The Morgan fingerprint density at radius 1 is 1.60 bits per heavy atom. The highest BCUT2D eigenvalue weighted by Crippen LogP contribution is 2.18. The van der Waals surface area contributed by atoms with Crippen molar-refractivity contribution in [1.29, 1.82) is 0 Å². The zero-order valence-electron chi connectivity index (χ0n) is 7.94. The van der Waals surface area contributed by atoms with E-state index < -0.39 is 10.0 Å². The minimum Gasteiger partial charge on any atom is -0.313 e. The monoisotopic (exact) mass is 295 g/mol. The lowest BCUT2D eigenvalue weighted by Gasteiger charge is -2.27. The molecule has 1 aliphatic heterocycles. The van der Waals surface area contributed by atoms with Crippen LogP contribution in [0.3, 0.4) is 0 Å². The summed E-state index contributed by atoms with van der Waals surface area (Å²) in [6, 6.07) is -0.0446. The summed E-state index contributed by atoms with van der Waals surface area (Å²) in [6.45, 7) is 1.31. The van der Waals surface area contributed by atoms with Crippen molar-refractivity contribution >= 4 is 26.0 Å². The van der Waals surface area contributed by atoms with Crippen molar-refractivity contribution in [2.24, 2.45) is 7.05 Å². The molecule has 2 heterocycles. The van der Waals surface area contributed by atoms with Gasteiger partial charge in [-0.3, -0.25) is 0 Å². The van der Waals surface area contributed by atoms with Gasteiger partial charge in [0, 0.05) is 26.2 Å². The molecule has 1 aromatic rings. The number of rotatable bonds is 3. The van der Waals surface area contributed by atoms with Crippen LogP contribution >= 0.6 is 15.9 Å². The fourth-order valence-electron chi connectivity index (χ4n) is 1.26. The number of hydrogen-bond donors (Lipinski definition) is 2. The summed E-state index contributed by atoms with van der Waals surface area (Å²) in [5.74, 6) is 0. The lowest BCUT2D eigenvalue weighted by molar-refractivity contribution is 0.408. The SMILES string of the molecule is Cn1nnc(Br)c1S(=O)(=O)NC1CNC1. The highest BCUT2D eigenvalue weighted by atomic mass is 79.9. The maximum absolute atomic E-state index is 11.9. The average Bonchev–Trinajstić information content (AvgIpc) is 2.40. The first-order chi connectivity index (χ1) is 7.00. The fourth-order valence-corrected chi connectivity index (χ4v) is 3.59. The van der Waals surface area contributed by atoms with E-state index in [1.165, 1.54) is 11.7 Å². The molecular weight excluding hydrogens is 286 g/mol. The normalized spacial score (nSPS) is 17.7. The van der Waals surface area contributed by atoms with Crippen molar-refractivity contribution in [1.82, 2.24) is 25.0 Å². The van der Waals surface area contributed by atoms with Crippen LogP contribution in [0, 0.1) is 0 Å². The van der Waals surface area contributed by atoms with Crippen molar-refractivity contribution in [3.63, 3.8) is 0 Å². The van der Waals surface area contributed by atoms with Gasteiger partial charge in [0.25, 0.3) is 10.0 Å². The molecule has 0 bridgehead atoms. The molecule has 0 saturated carbocycles. The summed E-state index contributed by atoms with van der Waals surface area (Å²) >= 11 is 3.05. The summed E-state index contributed by atoms with van der Waals surface area (Å²) in [5.41, 5.74) is 0. The van der Waals surface area contributed by atoms with Gasteiger partial charge in [0.05, 0.1) is 0 Å². The van der Waals surface area contributed by atoms with Gasteiger partial charge in [0.15, 0.2) is 4.60 Å². The van der Waals surface area contributed by atoms with Gasteiger partial charge in [-0.25, -0.2) is 17.8 Å². The van der Waals surface area contributed by atoms with Gasteiger partial charge in [0.1, 0.15) is 0 Å². The molecule has 1 aromatic heterocycles. The second-order valence-corrected chi connectivity index (χ2v) is 5.67. The van der Waals surface area contributed by atoms with Crippen LogP contribution in [0.4, 0.5) is 0 Å². The van der Waals surface area contributed by atoms with Crippen molar-refractivity contribution in [3.8, 4) is 0 Å². The third-order valence-corrected chi connectivity index (χ3v) is 4.50. The van der Waals surface area contributed by atoms with E-state index in [4.69, 9.17) is 0 Å². The molecule has 84 valence electrons. The number of sulfonamides is 1. The second kappa shape index (κ2) is 3.81. The average molecular weight is 296 g/mol. The molecule has 0 radical (unpaired) electrons. The first-order valence-corrected chi connectivity index (χ1v) is 6.56. The quantitative estimate of drug-likeness (QED) is 0.733. The number of aromatic nitrogens is 3. The Bertz CT molecular complexity index is 446. The predicted octanol–water partition coefficient (Wildman–Crippen LogP) is -1.17. The van der Waals surface area contributed by atoms with Crippen molar-refractivity contribution < 1.29 is 8.42 Å². The Labute approximate surface area is 95.4 Å². The van der Waals surface area contributed by atoms with Crippen LogP contribution in [0.2, 0.25) is 0 Å². The summed E-state index contributed by atoms with van der Waals surface area (Å²) in [5, 5.41) is 10.3. The first kappa shape index (κ1) is 11.0. The summed E-state index contributed by atoms with van der Waals surface area (Å²) in [4.78, 5) is 0. The van der Waals surface area contributed by atoms with E-state index in [0.717, 1.165) is 0 Å². The van der Waals surface area contributed by atoms with Crippen molar-refractivity contribution in [3.05, 3.63) is 4.60 Å². The van der Waals surface area contributed by atoms with Crippen molar-refractivity contribution in [2.45, 2.75) is 11.1 Å². The smallest absolute Gasteiger partial charge is 0.260 e. The molecule has 0 amide bonds. The molecule has 0 spiro atoms. The molecule has 9 heteroatoms. The van der Waals surface area contributed by atoms with Crippen LogP contribution in [0.15, 0.2) is 9.63 Å². The molecule has 0 unspecified atom stereocenters. The third kappa shape index (κ3) is 2.05. The number of aryl methyl sites for hydroxylation is 1. The third-order valence-electron chi connectivity index (χ3n) is 2.09. The van der Waals surface area contributed by atoms with Crippen LogP contribution in [0.25, 0.3) is 0 Å². The maximum atomic E-state index is 11.9. The van der Waals surface area contributed by atoms with Crippen LogP contribution in [0.5, 0.6) is 0 Å². The number of nitrogens with one attached hydrogen (secondary N) is 2. The summed E-state index contributed by atoms with van der Waals surface area (Å²) in [7, 11) is -2.00. The highest BCUT2D eigenvalue weighted by Gasteiger charge is 2.29. The summed E-state index contributed by atoms with van der Waals surface area (Å²) < 4.78 is 27.7. The van der Waals surface area contributed by atoms with E-state index >= 15 is 0 Å². The molecule has 2 rings (SSSR count). The lowest BCUT2D eigenvalue weighted by atomic mass is 10.2. The summed E-state index contributed by atoms with van der Waals surface area (Å²) in [6.07, 6.45) is 0. The minimum absolute atomic E-state index is 0.0446. The van der Waals surface area contributed by atoms with Gasteiger partial charge < -0.3 is 5.32 Å². The van der Waals surface area contributed by atoms with Crippen molar-refractivity contribution in [2.75, 3.05) is 13.1 Å². The molecule has 2 N–H and O–H groups in total. The number of nitrogens with zero attached hydrogens (tertiary/aromatic N) is 3. The Hall–Kier alpha value is -0.510. The van der Waals surface area contributed by atoms with Gasteiger partial charge in [-0.1, -0.05) is 5.21 Å². The second-order valence-electron chi connectivity index (χ2n) is 3.29. The molecular formula is C6H10BrN5O2S. The zero-order chi connectivity index (χ0) is 11.1. The molecule has 0 aliphatic carbocycles. The topological polar surface area (TPSA) is 88.9 Å². The lowest BCUT2D eigenvalue weighted by Crippen LogP contribution is -2.56. The van der Waals surface area contributed by atoms with E-state index in [1.807, 2.05) is 0 Å². The largest absolute Gasteiger partial charge is 0.313 e. The number of halogens is 1. The van der Waals surface area contributed by atoms with Gasteiger partial charge in [-0.2, -0.15) is 0 Å². The molecule has 1 saturated heterocycles. The predicted molar refractivity (Wildman–Crippen MR) is 55.7 cm³/mol. The molecule has 1 fully saturated rings. The van der Waals surface area contributed by atoms with E-state index in [9.17, 15) is 8.42 Å². The maximum Gasteiger partial charge on any atom is 0.260 e. The van der Waals surface area contributed by atoms with E-state index in [2.05, 4.69) is 36.3 Å². The van der Waals surface area contributed by atoms with Gasteiger partial charge in [-0.05, 0) is 15.9 Å². The van der Waals surface area contributed by atoms with Crippen LogP contribution in [-0.2, 0) is 17.1 Å². The van der Waals surface area contributed by atoms with E-state index in [1.54, 1.807) is 0 Å². The number of hydrogen-bond acceptors (Lipinski definition) is 5.